The number of aliphatic hydroxyl groups excluding tert-OH is 2. The van der Waals surface area contributed by atoms with Crippen LogP contribution in [0.1, 0.15) is 33.6 Å². The number of hydrogen-bond donors (Lipinski definition) is 2. The van der Waals surface area contributed by atoms with E-state index in [4.69, 9.17) is 24.0 Å². The summed E-state index contributed by atoms with van der Waals surface area (Å²) in [6, 6.07) is 0. The maximum absolute atomic E-state index is 9.69. The van der Waals surface area contributed by atoms with Gasteiger partial charge in [0.15, 0.2) is 0 Å². The molecular weight excluding hydrogens is 304 g/mol. The lowest BCUT2D eigenvalue weighted by atomic mass is 9.88. The third kappa shape index (κ3) is 9.56. The van der Waals surface area contributed by atoms with E-state index in [1.165, 1.54) is 0 Å². The number of methoxy groups -OCH3 is 1. The molecule has 140 valence electrons. The van der Waals surface area contributed by atoms with Crippen molar-refractivity contribution in [1.29, 1.82) is 0 Å². The lowest BCUT2D eigenvalue weighted by Gasteiger charge is -2.32. The van der Waals surface area contributed by atoms with E-state index in [0.717, 1.165) is 6.42 Å². The highest BCUT2D eigenvalue weighted by Gasteiger charge is 2.31. The molecule has 0 saturated carbocycles. The second-order valence-corrected chi connectivity index (χ2v) is 6.31. The number of ether oxygens (including phenoxy) is 3. The highest BCUT2D eigenvalue weighted by Crippen LogP contribution is 2.25. The lowest BCUT2D eigenvalue weighted by molar-refractivity contribution is -0.315. The van der Waals surface area contributed by atoms with Gasteiger partial charge in [0.05, 0.1) is 46.2 Å². The first kappa shape index (κ1) is 22.7. The largest absolute Gasteiger partial charge is 0.396 e. The van der Waals surface area contributed by atoms with Gasteiger partial charge >= 0.3 is 0 Å². The third-order valence-electron chi connectivity index (χ3n) is 3.71. The Hall–Kier alpha value is -0.280. The Labute approximate surface area is 139 Å². The van der Waals surface area contributed by atoms with Crippen LogP contribution in [-0.4, -0.2) is 70.4 Å². The quantitative estimate of drug-likeness (QED) is 0.190. The molecule has 2 atom stereocenters. The molecule has 0 bridgehead atoms. The topological polar surface area (TPSA) is 86.6 Å². The SMILES string of the molecule is CCCOOCC(CC)(CO)COCC(C)(CO)COCOC. The molecule has 0 aliphatic carbocycles. The Morgan fingerprint density at radius 3 is 2.09 bits per heavy atom. The van der Waals surface area contributed by atoms with E-state index in [1.807, 2.05) is 20.8 Å². The highest BCUT2D eigenvalue weighted by atomic mass is 17.2. The summed E-state index contributed by atoms with van der Waals surface area (Å²) in [5.41, 5.74) is -1.04. The predicted octanol–water partition coefficient (Wildman–Crippen LogP) is 1.37. The van der Waals surface area contributed by atoms with Gasteiger partial charge in [-0.25, -0.2) is 9.78 Å². The van der Waals surface area contributed by atoms with Gasteiger partial charge in [-0.15, -0.1) is 0 Å². The van der Waals surface area contributed by atoms with Gasteiger partial charge in [-0.05, 0) is 12.8 Å². The van der Waals surface area contributed by atoms with Gasteiger partial charge in [0.1, 0.15) is 6.79 Å². The zero-order chi connectivity index (χ0) is 17.6. The van der Waals surface area contributed by atoms with E-state index in [2.05, 4.69) is 0 Å². The molecule has 0 radical (unpaired) electrons. The van der Waals surface area contributed by atoms with Gasteiger partial charge < -0.3 is 24.4 Å². The monoisotopic (exact) mass is 338 g/mol. The summed E-state index contributed by atoms with van der Waals surface area (Å²) in [6.07, 6.45) is 1.56. The molecule has 0 rings (SSSR count). The van der Waals surface area contributed by atoms with E-state index >= 15 is 0 Å². The summed E-state index contributed by atoms with van der Waals surface area (Å²) in [5, 5.41) is 19.2. The van der Waals surface area contributed by atoms with Crippen LogP contribution < -0.4 is 0 Å². The Kier molecular flexibility index (Phi) is 12.9. The molecule has 0 amide bonds. The molecule has 0 spiro atoms. The van der Waals surface area contributed by atoms with Gasteiger partial charge in [-0.1, -0.05) is 20.8 Å². The van der Waals surface area contributed by atoms with Crippen molar-refractivity contribution in [2.24, 2.45) is 10.8 Å². The molecule has 0 saturated heterocycles. The Balaban J connectivity index is 4.32. The molecule has 0 fully saturated rings. The minimum atomic E-state index is -0.521. The zero-order valence-corrected chi connectivity index (χ0v) is 15.0. The van der Waals surface area contributed by atoms with Crippen molar-refractivity contribution in [2.75, 3.05) is 60.2 Å². The fourth-order valence-corrected chi connectivity index (χ4v) is 1.78. The maximum atomic E-state index is 9.69. The van der Waals surface area contributed by atoms with Crippen molar-refractivity contribution < 1.29 is 34.2 Å². The fraction of sp³-hybridized carbons (Fsp3) is 1.00. The Bertz CT molecular complexity index is 271. The van der Waals surface area contributed by atoms with Crippen LogP contribution in [0.5, 0.6) is 0 Å². The number of rotatable bonds is 16. The molecule has 0 aliphatic heterocycles. The predicted molar refractivity (Wildman–Crippen MR) is 85.8 cm³/mol. The Morgan fingerprint density at radius 1 is 0.870 bits per heavy atom. The average Bonchev–Trinajstić information content (AvgIpc) is 2.57. The Morgan fingerprint density at radius 2 is 1.57 bits per heavy atom. The summed E-state index contributed by atoms with van der Waals surface area (Å²) in [6.45, 7) is 7.61. The van der Waals surface area contributed by atoms with Crippen molar-refractivity contribution in [1.82, 2.24) is 0 Å². The van der Waals surface area contributed by atoms with Crippen LogP contribution in [0.15, 0.2) is 0 Å². The highest BCUT2D eigenvalue weighted by molar-refractivity contribution is 4.78. The van der Waals surface area contributed by atoms with Crippen molar-refractivity contribution in [2.45, 2.75) is 33.6 Å². The van der Waals surface area contributed by atoms with E-state index in [-0.39, 0.29) is 26.6 Å². The van der Waals surface area contributed by atoms with Gasteiger partial charge in [0.25, 0.3) is 0 Å². The first-order valence-corrected chi connectivity index (χ1v) is 8.12. The molecule has 0 aromatic heterocycles. The van der Waals surface area contributed by atoms with Crippen molar-refractivity contribution in [3.8, 4) is 0 Å². The first-order valence-electron chi connectivity index (χ1n) is 8.12. The number of aliphatic hydroxyl groups is 2. The van der Waals surface area contributed by atoms with E-state index < -0.39 is 10.8 Å². The van der Waals surface area contributed by atoms with Gasteiger partial charge in [0.2, 0.25) is 0 Å². The molecule has 2 unspecified atom stereocenters. The normalized spacial score (nSPS) is 17.0. The van der Waals surface area contributed by atoms with Crippen LogP contribution in [0.3, 0.4) is 0 Å². The van der Waals surface area contributed by atoms with Crippen LogP contribution in [0.25, 0.3) is 0 Å². The van der Waals surface area contributed by atoms with Crippen LogP contribution in [0.2, 0.25) is 0 Å². The molecule has 0 aromatic rings. The number of hydrogen-bond acceptors (Lipinski definition) is 7. The average molecular weight is 338 g/mol. The summed E-state index contributed by atoms with van der Waals surface area (Å²) >= 11 is 0. The van der Waals surface area contributed by atoms with Crippen LogP contribution in [0.4, 0.5) is 0 Å². The van der Waals surface area contributed by atoms with Crippen molar-refractivity contribution >= 4 is 0 Å². The summed E-state index contributed by atoms with van der Waals surface area (Å²) < 4.78 is 15.9. The molecule has 2 N–H and O–H groups in total. The van der Waals surface area contributed by atoms with Crippen molar-refractivity contribution in [3.63, 3.8) is 0 Å². The maximum Gasteiger partial charge on any atom is 0.146 e. The first-order chi connectivity index (χ1) is 11.0. The summed E-state index contributed by atoms with van der Waals surface area (Å²) in [4.78, 5) is 10.2. The van der Waals surface area contributed by atoms with E-state index in [9.17, 15) is 10.2 Å². The second kappa shape index (κ2) is 13.1. The minimum absolute atomic E-state index is 0.0605. The van der Waals surface area contributed by atoms with Crippen LogP contribution in [0, 0.1) is 10.8 Å². The standard InChI is InChI=1S/C16H34O7/c1-5-7-22-23-13-16(6-2,9-18)12-20-10-15(3,8-17)11-21-14-19-4/h17-18H,5-14H2,1-4H3. The molecule has 7 heteroatoms. The van der Waals surface area contributed by atoms with Gasteiger partial charge in [-0.3, -0.25) is 0 Å². The lowest BCUT2D eigenvalue weighted by Crippen LogP contribution is -2.39. The van der Waals surface area contributed by atoms with Crippen LogP contribution >= 0.6 is 0 Å². The molecule has 0 aliphatic rings. The van der Waals surface area contributed by atoms with Crippen molar-refractivity contribution in [3.05, 3.63) is 0 Å². The second-order valence-electron chi connectivity index (χ2n) is 6.31. The minimum Gasteiger partial charge on any atom is -0.396 e. The summed E-state index contributed by atoms with van der Waals surface area (Å²) in [7, 11) is 1.55. The molecule has 23 heavy (non-hydrogen) atoms. The molecule has 0 aromatic carbocycles. The van der Waals surface area contributed by atoms with Gasteiger partial charge in [0, 0.05) is 17.9 Å². The molecule has 0 heterocycles. The molecule has 7 nitrogen and oxygen atoms in total. The van der Waals surface area contributed by atoms with Crippen LogP contribution in [-0.2, 0) is 24.0 Å². The molecular formula is C16H34O7. The van der Waals surface area contributed by atoms with E-state index in [0.29, 0.717) is 32.8 Å². The fourth-order valence-electron chi connectivity index (χ4n) is 1.78. The zero-order valence-electron chi connectivity index (χ0n) is 15.0. The summed E-state index contributed by atoms with van der Waals surface area (Å²) in [5.74, 6) is 0. The smallest absolute Gasteiger partial charge is 0.146 e. The third-order valence-corrected chi connectivity index (χ3v) is 3.71. The van der Waals surface area contributed by atoms with E-state index in [1.54, 1.807) is 7.11 Å². The van der Waals surface area contributed by atoms with Gasteiger partial charge in [-0.2, -0.15) is 0 Å².